The third kappa shape index (κ3) is 2.11. The Hall–Kier alpha value is -2.15. The molecule has 4 heterocycles. The molecule has 2 saturated heterocycles. The molecule has 24 heavy (non-hydrogen) atoms. The van der Waals surface area contributed by atoms with Crippen LogP contribution in [-0.2, 0) is 14.3 Å². The minimum absolute atomic E-state index is 0.101. The highest BCUT2D eigenvalue weighted by molar-refractivity contribution is 6.02. The van der Waals surface area contributed by atoms with Crippen molar-refractivity contribution in [1.29, 1.82) is 0 Å². The van der Waals surface area contributed by atoms with E-state index in [0.717, 1.165) is 12.8 Å². The zero-order valence-electron chi connectivity index (χ0n) is 13.8. The fourth-order valence-corrected chi connectivity index (χ4v) is 3.98. The number of ether oxygens (including phenoxy) is 1. The highest BCUT2D eigenvalue weighted by atomic mass is 16.5. The van der Waals surface area contributed by atoms with Crippen LogP contribution in [-0.4, -0.2) is 41.8 Å². The number of aryl methyl sites for hydroxylation is 1. The lowest BCUT2D eigenvalue weighted by Crippen LogP contribution is -2.44. The maximum absolute atomic E-state index is 13.0. The van der Waals surface area contributed by atoms with Crippen molar-refractivity contribution in [2.24, 2.45) is 11.8 Å². The average molecular weight is 331 g/mol. The Balaban J connectivity index is 1.59. The Labute approximate surface area is 140 Å². The Morgan fingerprint density at radius 1 is 1.54 bits per heavy atom. The van der Waals surface area contributed by atoms with Gasteiger partial charge in [0.25, 0.3) is 0 Å². The molecular formula is C17H21N3O4. The van der Waals surface area contributed by atoms with E-state index in [4.69, 9.17) is 9.26 Å². The molecule has 1 aromatic rings. The minimum Gasteiger partial charge on any atom is -0.360 e. The van der Waals surface area contributed by atoms with Gasteiger partial charge in [0.05, 0.1) is 24.5 Å². The molecule has 2 amide bonds. The summed E-state index contributed by atoms with van der Waals surface area (Å²) in [6, 6.07) is 1.72. The van der Waals surface area contributed by atoms with E-state index in [9.17, 15) is 9.59 Å². The van der Waals surface area contributed by atoms with Gasteiger partial charge in [0.1, 0.15) is 11.4 Å². The largest absolute Gasteiger partial charge is 0.360 e. The summed E-state index contributed by atoms with van der Waals surface area (Å²) in [6.45, 7) is 4.85. The molecular weight excluding hydrogens is 310 g/mol. The van der Waals surface area contributed by atoms with E-state index in [-0.39, 0.29) is 17.9 Å². The standard InChI is InChI=1S/C17H21N3O4/c1-3-4-7-18-15(21)13-11-5-6-17(23-11)9-20(16(22)14(13)17)12-8-10(2)24-19-12/h5-6,8,11,13-14H,3-4,7,9H2,1-2H3,(H,18,21)/t11?,13?,14?,17-/m0/s1. The molecule has 4 atom stereocenters. The lowest BCUT2D eigenvalue weighted by atomic mass is 9.77. The predicted octanol–water partition coefficient (Wildman–Crippen LogP) is 1.19. The average Bonchev–Trinajstić information content (AvgIpc) is 3.28. The summed E-state index contributed by atoms with van der Waals surface area (Å²) in [5.74, 6) is -0.0701. The number of hydrogen-bond acceptors (Lipinski definition) is 5. The quantitative estimate of drug-likeness (QED) is 0.647. The van der Waals surface area contributed by atoms with Crippen molar-refractivity contribution in [3.63, 3.8) is 0 Å². The molecule has 1 N–H and O–H groups in total. The molecule has 1 aromatic heterocycles. The highest BCUT2D eigenvalue weighted by Crippen LogP contribution is 2.52. The molecule has 0 radical (unpaired) electrons. The number of nitrogens with one attached hydrogen (secondary N) is 1. The van der Waals surface area contributed by atoms with Crippen LogP contribution in [0.4, 0.5) is 5.82 Å². The summed E-state index contributed by atoms with van der Waals surface area (Å²) in [6.07, 6.45) is 5.46. The minimum atomic E-state index is -0.721. The van der Waals surface area contributed by atoms with Crippen LogP contribution in [0.2, 0.25) is 0 Å². The van der Waals surface area contributed by atoms with Crippen molar-refractivity contribution in [2.45, 2.75) is 38.4 Å². The number of anilines is 1. The van der Waals surface area contributed by atoms with Crippen molar-refractivity contribution < 1.29 is 18.8 Å². The fraction of sp³-hybridized carbons (Fsp3) is 0.588. The van der Waals surface area contributed by atoms with Crippen LogP contribution in [0.25, 0.3) is 0 Å². The lowest BCUT2D eigenvalue weighted by Gasteiger charge is -2.23. The number of carbonyl (C=O) groups excluding carboxylic acids is 2. The smallest absolute Gasteiger partial charge is 0.235 e. The van der Waals surface area contributed by atoms with Crippen LogP contribution < -0.4 is 10.2 Å². The fourth-order valence-electron chi connectivity index (χ4n) is 3.98. The molecule has 2 fully saturated rings. The monoisotopic (exact) mass is 331 g/mol. The maximum Gasteiger partial charge on any atom is 0.235 e. The Morgan fingerprint density at radius 3 is 3.08 bits per heavy atom. The van der Waals surface area contributed by atoms with Crippen molar-refractivity contribution >= 4 is 17.6 Å². The van der Waals surface area contributed by atoms with E-state index in [1.165, 1.54) is 0 Å². The van der Waals surface area contributed by atoms with Gasteiger partial charge >= 0.3 is 0 Å². The molecule has 3 unspecified atom stereocenters. The van der Waals surface area contributed by atoms with Crippen LogP contribution in [0.3, 0.4) is 0 Å². The van der Waals surface area contributed by atoms with Crippen LogP contribution in [0.5, 0.6) is 0 Å². The number of nitrogens with zero attached hydrogens (tertiary/aromatic N) is 2. The SMILES string of the molecule is CCCCNC(=O)C1C2C=C[C@@]3(CN(c4cc(C)on4)C(=O)C13)O2. The van der Waals surface area contributed by atoms with E-state index in [1.807, 2.05) is 12.2 Å². The Kier molecular flexibility index (Phi) is 3.49. The molecule has 3 aliphatic heterocycles. The molecule has 2 bridgehead atoms. The van der Waals surface area contributed by atoms with Gasteiger partial charge in [-0.3, -0.25) is 14.5 Å². The summed E-state index contributed by atoms with van der Waals surface area (Å²) in [5.41, 5.74) is -0.721. The number of unbranched alkanes of at least 4 members (excludes halogenated alkanes) is 1. The van der Waals surface area contributed by atoms with Crippen molar-refractivity contribution in [2.75, 3.05) is 18.0 Å². The van der Waals surface area contributed by atoms with Crippen LogP contribution in [0.1, 0.15) is 25.5 Å². The van der Waals surface area contributed by atoms with Crippen LogP contribution >= 0.6 is 0 Å². The number of rotatable bonds is 5. The molecule has 4 rings (SSSR count). The lowest BCUT2D eigenvalue weighted by molar-refractivity contribution is -0.131. The number of carbonyl (C=O) groups is 2. The summed E-state index contributed by atoms with van der Waals surface area (Å²) in [4.78, 5) is 27.2. The molecule has 128 valence electrons. The molecule has 0 saturated carbocycles. The van der Waals surface area contributed by atoms with Gasteiger partial charge in [-0.1, -0.05) is 30.7 Å². The van der Waals surface area contributed by atoms with Crippen molar-refractivity contribution in [3.05, 3.63) is 24.0 Å². The van der Waals surface area contributed by atoms with Gasteiger partial charge in [-0.05, 0) is 13.3 Å². The second-order valence-corrected chi connectivity index (χ2v) is 6.76. The first-order valence-corrected chi connectivity index (χ1v) is 8.45. The molecule has 7 heteroatoms. The maximum atomic E-state index is 13.0. The first kappa shape index (κ1) is 15.4. The van der Waals surface area contributed by atoms with E-state index in [2.05, 4.69) is 17.4 Å². The van der Waals surface area contributed by atoms with Crippen LogP contribution in [0.15, 0.2) is 22.7 Å². The number of hydrogen-bond donors (Lipinski definition) is 1. The van der Waals surface area contributed by atoms with Crippen molar-refractivity contribution in [3.8, 4) is 0 Å². The zero-order valence-corrected chi connectivity index (χ0v) is 13.8. The topological polar surface area (TPSA) is 84.7 Å². The van der Waals surface area contributed by atoms with Crippen LogP contribution in [0, 0.1) is 18.8 Å². The molecule has 3 aliphatic rings. The molecule has 0 aromatic carbocycles. The summed E-state index contributed by atoms with van der Waals surface area (Å²) < 4.78 is 11.1. The summed E-state index contributed by atoms with van der Waals surface area (Å²) >= 11 is 0. The third-order valence-corrected chi connectivity index (χ3v) is 5.12. The van der Waals surface area contributed by atoms with E-state index < -0.39 is 17.4 Å². The number of amides is 2. The van der Waals surface area contributed by atoms with Gasteiger partial charge in [-0.15, -0.1) is 0 Å². The van der Waals surface area contributed by atoms with Gasteiger partial charge in [-0.25, -0.2) is 0 Å². The van der Waals surface area contributed by atoms with Crippen molar-refractivity contribution in [1.82, 2.24) is 10.5 Å². The summed E-state index contributed by atoms with van der Waals surface area (Å²) in [7, 11) is 0. The van der Waals surface area contributed by atoms with Gasteiger partial charge in [-0.2, -0.15) is 0 Å². The van der Waals surface area contributed by atoms with Gasteiger partial charge in [0, 0.05) is 12.6 Å². The third-order valence-electron chi connectivity index (χ3n) is 5.12. The second-order valence-electron chi connectivity index (χ2n) is 6.76. The first-order chi connectivity index (χ1) is 11.6. The molecule has 7 nitrogen and oxygen atoms in total. The van der Waals surface area contributed by atoms with Gasteiger partial charge < -0.3 is 14.6 Å². The molecule has 1 spiro atoms. The highest BCUT2D eigenvalue weighted by Gasteiger charge is 2.67. The Morgan fingerprint density at radius 2 is 2.38 bits per heavy atom. The summed E-state index contributed by atoms with van der Waals surface area (Å²) in [5, 5.41) is 6.88. The number of aromatic nitrogens is 1. The van der Waals surface area contributed by atoms with E-state index in [0.29, 0.717) is 24.7 Å². The normalized spacial score (nSPS) is 33.3. The van der Waals surface area contributed by atoms with E-state index >= 15 is 0 Å². The predicted molar refractivity (Wildman–Crippen MR) is 85.2 cm³/mol. The zero-order chi connectivity index (χ0) is 16.9. The number of fused-ring (bicyclic) bond motifs is 1. The van der Waals surface area contributed by atoms with E-state index in [1.54, 1.807) is 17.9 Å². The second kappa shape index (κ2) is 5.44. The Bertz CT molecular complexity index is 712. The first-order valence-electron chi connectivity index (χ1n) is 8.45. The van der Waals surface area contributed by atoms with Gasteiger partial charge in [0.2, 0.25) is 11.8 Å². The van der Waals surface area contributed by atoms with Gasteiger partial charge in [0.15, 0.2) is 5.82 Å². The molecule has 0 aliphatic carbocycles.